The number of hydrogen-bond acceptors (Lipinski definition) is 8. The lowest BCUT2D eigenvalue weighted by atomic mass is 10.1. The van der Waals surface area contributed by atoms with Crippen molar-refractivity contribution in [3.63, 3.8) is 0 Å². The molecule has 33 heavy (non-hydrogen) atoms. The molecule has 172 valence electrons. The average Bonchev–Trinajstić information content (AvgIpc) is 2.86. The number of anilines is 1. The van der Waals surface area contributed by atoms with Gasteiger partial charge in [0.2, 0.25) is 5.88 Å². The van der Waals surface area contributed by atoms with Gasteiger partial charge in [0, 0.05) is 56.0 Å². The van der Waals surface area contributed by atoms with Gasteiger partial charge in [-0.15, -0.1) is 12.3 Å². The predicted molar refractivity (Wildman–Crippen MR) is 129 cm³/mol. The van der Waals surface area contributed by atoms with E-state index in [1.54, 1.807) is 20.4 Å². The number of pyridine rings is 1. The number of hydrogen-bond donors (Lipinski definition) is 2. The summed E-state index contributed by atoms with van der Waals surface area (Å²) in [7, 11) is 5.31. The molecule has 1 unspecified atom stereocenters. The van der Waals surface area contributed by atoms with Crippen molar-refractivity contribution >= 4 is 5.82 Å². The van der Waals surface area contributed by atoms with Crippen molar-refractivity contribution in [2.75, 3.05) is 45.8 Å². The van der Waals surface area contributed by atoms with Crippen LogP contribution in [0.15, 0.2) is 48.7 Å². The summed E-state index contributed by atoms with van der Waals surface area (Å²) < 4.78 is 11.0. The van der Waals surface area contributed by atoms with Gasteiger partial charge in [0.25, 0.3) is 0 Å². The number of terminal acetylenes is 1. The van der Waals surface area contributed by atoms with E-state index in [-0.39, 0.29) is 6.61 Å². The van der Waals surface area contributed by atoms with Crippen molar-refractivity contribution in [1.29, 1.82) is 0 Å². The SMILES string of the molecule is C#CCCN(C)c1cc(-c2ccnc(OC)c2)nc(-c2cccc(OCC(O)CNC)c2)n1. The Bertz CT molecular complexity index is 1100. The molecule has 0 aliphatic rings. The fourth-order valence-electron chi connectivity index (χ4n) is 3.15. The molecule has 2 N–H and O–H groups in total. The van der Waals surface area contributed by atoms with Crippen LogP contribution < -0.4 is 19.7 Å². The van der Waals surface area contributed by atoms with Crippen LogP contribution in [0.3, 0.4) is 0 Å². The van der Waals surface area contributed by atoms with Crippen molar-refractivity contribution in [2.45, 2.75) is 12.5 Å². The van der Waals surface area contributed by atoms with Gasteiger partial charge in [-0.3, -0.25) is 0 Å². The molecule has 8 heteroatoms. The Labute approximate surface area is 194 Å². The summed E-state index contributed by atoms with van der Waals surface area (Å²) in [6, 6.07) is 13.1. The molecule has 0 radical (unpaired) electrons. The molecule has 0 bridgehead atoms. The molecule has 3 rings (SSSR count). The molecule has 0 saturated carbocycles. The Balaban J connectivity index is 1.98. The van der Waals surface area contributed by atoms with E-state index in [9.17, 15) is 5.11 Å². The Morgan fingerprint density at radius 3 is 2.79 bits per heavy atom. The van der Waals surface area contributed by atoms with Crippen LogP contribution in [0.5, 0.6) is 11.6 Å². The fraction of sp³-hybridized carbons (Fsp3) is 0.320. The molecule has 1 atom stereocenters. The maximum absolute atomic E-state index is 9.92. The van der Waals surface area contributed by atoms with E-state index in [0.717, 1.165) is 22.6 Å². The van der Waals surface area contributed by atoms with E-state index < -0.39 is 6.10 Å². The van der Waals surface area contributed by atoms with Crippen molar-refractivity contribution in [2.24, 2.45) is 0 Å². The van der Waals surface area contributed by atoms with Crippen molar-refractivity contribution < 1.29 is 14.6 Å². The summed E-state index contributed by atoms with van der Waals surface area (Å²) in [5, 5.41) is 12.8. The average molecular weight is 448 g/mol. The monoisotopic (exact) mass is 447 g/mol. The van der Waals surface area contributed by atoms with Gasteiger partial charge >= 0.3 is 0 Å². The first-order valence-corrected chi connectivity index (χ1v) is 10.6. The van der Waals surface area contributed by atoms with Gasteiger partial charge in [-0.05, 0) is 25.2 Å². The molecule has 2 aromatic heterocycles. The van der Waals surface area contributed by atoms with E-state index in [4.69, 9.17) is 25.9 Å². The smallest absolute Gasteiger partial charge is 0.213 e. The highest BCUT2D eigenvalue weighted by molar-refractivity contribution is 5.68. The third kappa shape index (κ3) is 6.65. The Morgan fingerprint density at radius 2 is 2.03 bits per heavy atom. The fourth-order valence-corrected chi connectivity index (χ4v) is 3.15. The minimum absolute atomic E-state index is 0.183. The topological polar surface area (TPSA) is 92.6 Å². The minimum atomic E-state index is -0.601. The second-order valence-electron chi connectivity index (χ2n) is 7.45. The van der Waals surface area contributed by atoms with E-state index in [1.165, 1.54) is 0 Å². The number of aromatic nitrogens is 3. The first-order chi connectivity index (χ1) is 16.0. The third-order valence-corrected chi connectivity index (χ3v) is 4.91. The van der Waals surface area contributed by atoms with Crippen LogP contribution in [0.25, 0.3) is 22.6 Å². The second kappa shape index (κ2) is 11.8. The quantitative estimate of drug-likeness (QED) is 0.434. The van der Waals surface area contributed by atoms with Crippen LogP contribution >= 0.6 is 0 Å². The summed E-state index contributed by atoms with van der Waals surface area (Å²) in [5.41, 5.74) is 2.39. The number of aliphatic hydroxyl groups is 1. The Morgan fingerprint density at radius 1 is 1.18 bits per heavy atom. The van der Waals surface area contributed by atoms with Crippen molar-refractivity contribution in [1.82, 2.24) is 20.3 Å². The number of ether oxygens (including phenoxy) is 2. The number of aliphatic hydroxyl groups excluding tert-OH is 1. The molecule has 0 spiro atoms. The molecular weight excluding hydrogens is 418 g/mol. The molecule has 2 heterocycles. The summed E-state index contributed by atoms with van der Waals surface area (Å²) >= 11 is 0. The molecule has 3 aromatic rings. The lowest BCUT2D eigenvalue weighted by Crippen LogP contribution is -2.29. The Hall–Kier alpha value is -3.67. The summed E-state index contributed by atoms with van der Waals surface area (Å²) in [5.74, 6) is 5.09. The van der Waals surface area contributed by atoms with Crippen LogP contribution in [-0.2, 0) is 0 Å². The largest absolute Gasteiger partial charge is 0.491 e. The zero-order valence-corrected chi connectivity index (χ0v) is 19.2. The summed E-state index contributed by atoms with van der Waals surface area (Å²) in [6.07, 6.45) is 7.13. The van der Waals surface area contributed by atoms with Gasteiger partial charge in [0.1, 0.15) is 24.3 Å². The molecule has 1 aromatic carbocycles. The summed E-state index contributed by atoms with van der Waals surface area (Å²) in [6.45, 7) is 1.30. The maximum atomic E-state index is 9.92. The molecule has 0 aliphatic carbocycles. The standard InChI is InChI=1S/C25H29N5O3/c1-5-6-12-30(3)23-15-22(18-10-11-27-24(14-18)32-4)28-25(29-23)19-8-7-9-21(13-19)33-17-20(31)16-26-2/h1,7-11,13-15,20,26,31H,6,12,16-17H2,2-4H3. The number of rotatable bonds is 11. The molecule has 0 aliphatic heterocycles. The van der Waals surface area contributed by atoms with Crippen LogP contribution in [0.4, 0.5) is 5.82 Å². The van der Waals surface area contributed by atoms with Crippen LogP contribution in [0.2, 0.25) is 0 Å². The zero-order valence-electron chi connectivity index (χ0n) is 19.2. The molecule has 0 fully saturated rings. The first-order valence-electron chi connectivity index (χ1n) is 10.6. The maximum Gasteiger partial charge on any atom is 0.213 e. The first kappa shape index (κ1) is 24.0. The number of likely N-dealkylation sites (N-methyl/N-ethyl adjacent to an activating group) is 1. The van der Waals surface area contributed by atoms with Crippen LogP contribution in [0, 0.1) is 12.3 Å². The normalized spacial score (nSPS) is 11.5. The van der Waals surface area contributed by atoms with Gasteiger partial charge in [-0.2, -0.15) is 0 Å². The highest BCUT2D eigenvalue weighted by Gasteiger charge is 2.13. The van der Waals surface area contributed by atoms with E-state index in [2.05, 4.69) is 16.2 Å². The van der Waals surface area contributed by atoms with Gasteiger partial charge in [0.15, 0.2) is 5.82 Å². The van der Waals surface area contributed by atoms with Crippen LogP contribution in [-0.4, -0.2) is 67.1 Å². The second-order valence-corrected chi connectivity index (χ2v) is 7.45. The van der Waals surface area contributed by atoms with Gasteiger partial charge < -0.3 is 24.8 Å². The highest BCUT2D eigenvalue weighted by Crippen LogP contribution is 2.28. The molecule has 0 saturated heterocycles. The summed E-state index contributed by atoms with van der Waals surface area (Å²) in [4.78, 5) is 15.8. The third-order valence-electron chi connectivity index (χ3n) is 4.91. The van der Waals surface area contributed by atoms with Crippen molar-refractivity contribution in [3.8, 4) is 46.6 Å². The van der Waals surface area contributed by atoms with Gasteiger partial charge in [-0.25, -0.2) is 15.0 Å². The lowest BCUT2D eigenvalue weighted by Gasteiger charge is -2.19. The number of benzene rings is 1. The Kier molecular flexibility index (Phi) is 8.58. The van der Waals surface area contributed by atoms with Crippen molar-refractivity contribution in [3.05, 3.63) is 48.7 Å². The minimum Gasteiger partial charge on any atom is -0.491 e. The zero-order chi connectivity index (χ0) is 23.6. The molecule has 0 amide bonds. The van der Waals surface area contributed by atoms with Gasteiger partial charge in [0.05, 0.1) is 12.8 Å². The lowest BCUT2D eigenvalue weighted by molar-refractivity contribution is 0.108. The van der Waals surface area contributed by atoms with Crippen LogP contribution in [0.1, 0.15) is 6.42 Å². The highest BCUT2D eigenvalue weighted by atomic mass is 16.5. The molecule has 8 nitrogen and oxygen atoms in total. The van der Waals surface area contributed by atoms with Gasteiger partial charge in [-0.1, -0.05) is 12.1 Å². The molecular formula is C25H29N5O3. The number of methoxy groups -OCH3 is 1. The van der Waals surface area contributed by atoms with E-state index in [0.29, 0.717) is 37.0 Å². The van der Waals surface area contributed by atoms with E-state index >= 15 is 0 Å². The number of nitrogens with zero attached hydrogens (tertiary/aromatic N) is 4. The predicted octanol–water partition coefficient (Wildman–Crippen LogP) is 2.63. The van der Waals surface area contributed by atoms with E-state index in [1.807, 2.05) is 54.4 Å². The number of nitrogens with one attached hydrogen (secondary N) is 1.